The fourth-order valence-corrected chi connectivity index (χ4v) is 3.52. The van der Waals surface area contributed by atoms with Crippen LogP contribution in [0.15, 0.2) is 0 Å². The maximum Gasteiger partial charge on any atom is 0.200 e. The Labute approximate surface area is 103 Å². The van der Waals surface area contributed by atoms with Crippen molar-refractivity contribution in [3.63, 3.8) is 0 Å². The van der Waals surface area contributed by atoms with Gasteiger partial charge in [-0.25, -0.2) is 0 Å². The summed E-state index contributed by atoms with van der Waals surface area (Å²) < 4.78 is 5.77. The van der Waals surface area contributed by atoms with Crippen molar-refractivity contribution in [3.05, 3.63) is 0 Å². The van der Waals surface area contributed by atoms with Crippen molar-refractivity contribution in [3.8, 4) is 0 Å². The van der Waals surface area contributed by atoms with E-state index in [1.807, 2.05) is 0 Å². The SMILES string of the molecule is CCCCCCCCNC[Si](C)(C)OCC. The van der Waals surface area contributed by atoms with Gasteiger partial charge in [0.25, 0.3) is 0 Å². The molecule has 0 aliphatic carbocycles. The van der Waals surface area contributed by atoms with Gasteiger partial charge in [0, 0.05) is 12.8 Å². The van der Waals surface area contributed by atoms with Crippen LogP contribution in [0.25, 0.3) is 0 Å². The third-order valence-electron chi connectivity index (χ3n) is 2.79. The summed E-state index contributed by atoms with van der Waals surface area (Å²) in [6.45, 7) is 10.9. The molecule has 0 bridgehead atoms. The summed E-state index contributed by atoms with van der Waals surface area (Å²) in [4.78, 5) is 0. The van der Waals surface area contributed by atoms with Crippen LogP contribution in [0.2, 0.25) is 13.1 Å². The molecule has 0 aliphatic rings. The number of unbranched alkanes of at least 4 members (excludes halogenated alkanes) is 5. The summed E-state index contributed by atoms with van der Waals surface area (Å²) in [5.74, 6) is 0. The highest BCUT2D eigenvalue weighted by Gasteiger charge is 2.20. The monoisotopic (exact) mass is 245 g/mol. The van der Waals surface area contributed by atoms with Crippen LogP contribution in [0.3, 0.4) is 0 Å². The molecule has 0 atom stereocenters. The zero-order valence-corrected chi connectivity index (χ0v) is 12.8. The van der Waals surface area contributed by atoms with Crippen molar-refractivity contribution in [2.45, 2.75) is 65.5 Å². The second-order valence-corrected chi connectivity index (χ2v) is 9.30. The molecule has 98 valence electrons. The standard InChI is InChI=1S/C13H31NOSi/c1-5-7-8-9-10-11-12-14-13-16(3,4)15-6-2/h14H,5-13H2,1-4H3. The Bertz CT molecular complexity index is 151. The highest BCUT2D eigenvalue weighted by molar-refractivity contribution is 6.71. The van der Waals surface area contributed by atoms with Gasteiger partial charge in [-0.1, -0.05) is 39.0 Å². The molecular formula is C13H31NOSi. The van der Waals surface area contributed by atoms with E-state index in [0.29, 0.717) is 0 Å². The first-order chi connectivity index (χ1) is 7.62. The van der Waals surface area contributed by atoms with Crippen molar-refractivity contribution in [1.82, 2.24) is 5.32 Å². The normalized spacial score (nSPS) is 12.0. The van der Waals surface area contributed by atoms with E-state index in [1.54, 1.807) is 0 Å². The quantitative estimate of drug-likeness (QED) is 0.442. The Morgan fingerprint density at radius 3 is 2.19 bits per heavy atom. The molecule has 1 N–H and O–H groups in total. The molecule has 16 heavy (non-hydrogen) atoms. The topological polar surface area (TPSA) is 21.3 Å². The van der Waals surface area contributed by atoms with Crippen molar-refractivity contribution >= 4 is 8.32 Å². The number of nitrogens with one attached hydrogen (secondary N) is 1. The lowest BCUT2D eigenvalue weighted by atomic mass is 10.1. The Hall–Kier alpha value is 0.137. The molecular weight excluding hydrogens is 214 g/mol. The summed E-state index contributed by atoms with van der Waals surface area (Å²) >= 11 is 0. The fraction of sp³-hybridized carbons (Fsp3) is 1.00. The van der Waals surface area contributed by atoms with Gasteiger partial charge in [-0.15, -0.1) is 0 Å². The number of hydrogen-bond donors (Lipinski definition) is 1. The first-order valence-corrected chi connectivity index (χ1v) is 10.1. The second-order valence-electron chi connectivity index (χ2n) is 5.14. The van der Waals surface area contributed by atoms with Gasteiger partial charge in [-0.05, 0) is 33.0 Å². The van der Waals surface area contributed by atoms with Crippen LogP contribution in [0.1, 0.15) is 52.4 Å². The van der Waals surface area contributed by atoms with E-state index in [0.717, 1.165) is 19.3 Å². The van der Waals surface area contributed by atoms with Crippen LogP contribution in [0.4, 0.5) is 0 Å². The van der Waals surface area contributed by atoms with Crippen LogP contribution in [0, 0.1) is 0 Å². The van der Waals surface area contributed by atoms with Crippen LogP contribution >= 0.6 is 0 Å². The van der Waals surface area contributed by atoms with Gasteiger partial charge in [0.1, 0.15) is 0 Å². The number of rotatable bonds is 11. The van der Waals surface area contributed by atoms with Gasteiger partial charge in [-0.2, -0.15) is 0 Å². The molecule has 0 unspecified atom stereocenters. The molecule has 0 aliphatic heterocycles. The van der Waals surface area contributed by atoms with Crippen LogP contribution in [-0.2, 0) is 4.43 Å². The van der Waals surface area contributed by atoms with Gasteiger partial charge >= 0.3 is 0 Å². The average molecular weight is 245 g/mol. The largest absolute Gasteiger partial charge is 0.416 e. The summed E-state index contributed by atoms with van der Waals surface area (Å²) in [5, 5.41) is 3.54. The average Bonchev–Trinajstić information content (AvgIpc) is 2.22. The first-order valence-electron chi connectivity index (χ1n) is 6.97. The lowest BCUT2D eigenvalue weighted by molar-refractivity contribution is 0.326. The predicted octanol–water partition coefficient (Wildman–Crippen LogP) is 3.72. The third kappa shape index (κ3) is 10.6. The predicted molar refractivity (Wildman–Crippen MR) is 75.4 cm³/mol. The van der Waals surface area contributed by atoms with E-state index < -0.39 is 8.32 Å². The van der Waals surface area contributed by atoms with Gasteiger partial charge in [-0.3, -0.25) is 0 Å². The molecule has 0 aromatic rings. The molecule has 3 heteroatoms. The summed E-state index contributed by atoms with van der Waals surface area (Å²) in [7, 11) is -1.40. The molecule has 0 spiro atoms. The minimum Gasteiger partial charge on any atom is -0.416 e. The van der Waals surface area contributed by atoms with E-state index in [1.165, 1.54) is 38.5 Å². The Morgan fingerprint density at radius 2 is 1.56 bits per heavy atom. The van der Waals surface area contributed by atoms with Gasteiger partial charge in [0.05, 0.1) is 0 Å². The van der Waals surface area contributed by atoms with Crippen molar-refractivity contribution in [2.75, 3.05) is 19.3 Å². The van der Waals surface area contributed by atoms with E-state index >= 15 is 0 Å². The lowest BCUT2D eigenvalue weighted by Gasteiger charge is -2.22. The van der Waals surface area contributed by atoms with Crippen molar-refractivity contribution < 1.29 is 4.43 Å². The Morgan fingerprint density at radius 1 is 0.938 bits per heavy atom. The molecule has 0 rings (SSSR count). The maximum atomic E-state index is 5.77. The number of hydrogen-bond acceptors (Lipinski definition) is 2. The Kier molecular flexibility index (Phi) is 10.4. The van der Waals surface area contributed by atoms with E-state index in [4.69, 9.17) is 4.43 Å². The second kappa shape index (κ2) is 10.3. The first kappa shape index (κ1) is 16.1. The highest BCUT2D eigenvalue weighted by Crippen LogP contribution is 2.05. The van der Waals surface area contributed by atoms with Crippen molar-refractivity contribution in [1.29, 1.82) is 0 Å². The molecule has 0 radical (unpaired) electrons. The van der Waals surface area contributed by atoms with Gasteiger partial charge < -0.3 is 9.74 Å². The fourth-order valence-electron chi connectivity index (χ4n) is 1.86. The minimum atomic E-state index is -1.40. The molecule has 0 aromatic carbocycles. The third-order valence-corrected chi connectivity index (χ3v) is 4.96. The minimum absolute atomic E-state index is 0.859. The molecule has 0 heterocycles. The van der Waals surface area contributed by atoms with Crippen LogP contribution in [0.5, 0.6) is 0 Å². The van der Waals surface area contributed by atoms with Crippen LogP contribution in [-0.4, -0.2) is 27.6 Å². The van der Waals surface area contributed by atoms with E-state index in [2.05, 4.69) is 32.3 Å². The summed E-state index contributed by atoms with van der Waals surface area (Å²) in [6.07, 6.45) is 9.35. The van der Waals surface area contributed by atoms with Crippen molar-refractivity contribution in [2.24, 2.45) is 0 Å². The molecule has 0 amide bonds. The summed E-state index contributed by atoms with van der Waals surface area (Å²) in [6, 6.07) is 0. The maximum absolute atomic E-state index is 5.77. The van der Waals surface area contributed by atoms with E-state index in [9.17, 15) is 0 Å². The molecule has 0 saturated carbocycles. The smallest absolute Gasteiger partial charge is 0.200 e. The van der Waals surface area contributed by atoms with E-state index in [-0.39, 0.29) is 0 Å². The Balaban J connectivity index is 3.20. The van der Waals surface area contributed by atoms with Gasteiger partial charge in [0.2, 0.25) is 0 Å². The zero-order valence-electron chi connectivity index (χ0n) is 11.8. The zero-order chi connectivity index (χ0) is 12.3. The van der Waals surface area contributed by atoms with Crippen LogP contribution < -0.4 is 5.32 Å². The molecule has 0 aromatic heterocycles. The molecule has 0 fully saturated rings. The highest BCUT2D eigenvalue weighted by atomic mass is 28.4. The summed E-state index contributed by atoms with van der Waals surface area (Å²) in [5.41, 5.74) is 0. The molecule has 2 nitrogen and oxygen atoms in total. The lowest BCUT2D eigenvalue weighted by Crippen LogP contribution is -2.43. The molecule has 0 saturated heterocycles. The van der Waals surface area contributed by atoms with Gasteiger partial charge in [0.15, 0.2) is 8.32 Å².